The molecule has 0 atom stereocenters. The Kier molecular flexibility index (Phi) is 3.29. The first-order valence-electron chi connectivity index (χ1n) is 6.78. The smallest absolute Gasteiger partial charge is 0.325 e. The van der Waals surface area contributed by atoms with Crippen molar-refractivity contribution < 1.29 is 18.7 Å². The van der Waals surface area contributed by atoms with Gasteiger partial charge in [0, 0.05) is 31.7 Å². The van der Waals surface area contributed by atoms with Gasteiger partial charge in [-0.25, -0.2) is 9.18 Å². The molecule has 1 aromatic rings. The highest BCUT2D eigenvalue weighted by atomic mass is 19.1. The Morgan fingerprint density at radius 3 is 2.71 bits per heavy atom. The average molecular weight is 293 g/mol. The van der Waals surface area contributed by atoms with E-state index in [1.807, 2.05) is 0 Å². The summed E-state index contributed by atoms with van der Waals surface area (Å²) in [6.07, 6.45) is 0.931. The summed E-state index contributed by atoms with van der Waals surface area (Å²) in [5, 5.41) is 2.76. The van der Waals surface area contributed by atoms with Crippen molar-refractivity contribution in [3.63, 3.8) is 0 Å². The highest BCUT2D eigenvalue weighted by Crippen LogP contribution is 2.30. The van der Waals surface area contributed by atoms with E-state index in [-0.39, 0.29) is 18.1 Å². The number of urea groups is 1. The number of carbonyl (C=O) groups excluding carboxylic acids is 2. The van der Waals surface area contributed by atoms with Crippen molar-refractivity contribution in [1.82, 2.24) is 10.2 Å². The van der Waals surface area contributed by atoms with Gasteiger partial charge in [-0.05, 0) is 17.7 Å². The third kappa shape index (κ3) is 2.33. The lowest BCUT2D eigenvalue weighted by Crippen LogP contribution is -2.51. The van der Waals surface area contributed by atoms with Crippen LogP contribution in [-0.2, 0) is 16.1 Å². The van der Waals surface area contributed by atoms with Gasteiger partial charge in [-0.15, -0.1) is 0 Å². The number of rotatable bonds is 2. The summed E-state index contributed by atoms with van der Waals surface area (Å²) >= 11 is 0. The Morgan fingerprint density at radius 2 is 2.05 bits per heavy atom. The molecule has 0 radical (unpaired) electrons. The Morgan fingerprint density at radius 1 is 1.33 bits per heavy atom. The average Bonchev–Trinajstić information content (AvgIpc) is 2.67. The van der Waals surface area contributed by atoms with Crippen molar-refractivity contribution in [2.24, 2.45) is 0 Å². The lowest BCUT2D eigenvalue weighted by molar-refractivity contribution is -0.134. The van der Waals surface area contributed by atoms with E-state index in [1.165, 1.54) is 18.2 Å². The Hall–Kier alpha value is -2.15. The molecule has 2 aliphatic heterocycles. The number of hydrogen-bond acceptors (Lipinski definition) is 4. The Labute approximate surface area is 121 Å². The van der Waals surface area contributed by atoms with Crippen molar-refractivity contribution in [2.75, 3.05) is 18.9 Å². The van der Waals surface area contributed by atoms with Crippen molar-refractivity contribution in [3.05, 3.63) is 29.6 Å². The summed E-state index contributed by atoms with van der Waals surface area (Å²) in [6.45, 7) is 0.927. The molecular weight excluding hydrogens is 277 g/mol. The minimum absolute atomic E-state index is 0.0411. The minimum Gasteiger partial charge on any atom is -0.398 e. The van der Waals surface area contributed by atoms with Crippen LogP contribution in [0.3, 0.4) is 0 Å². The highest BCUT2D eigenvalue weighted by Gasteiger charge is 2.51. The number of amides is 3. The zero-order chi connectivity index (χ0) is 15.0. The summed E-state index contributed by atoms with van der Waals surface area (Å²) in [7, 11) is 0. The van der Waals surface area contributed by atoms with Gasteiger partial charge in [-0.3, -0.25) is 9.69 Å². The topological polar surface area (TPSA) is 84.7 Å². The quantitative estimate of drug-likeness (QED) is 0.629. The lowest BCUT2D eigenvalue weighted by Gasteiger charge is -2.30. The molecule has 21 heavy (non-hydrogen) atoms. The van der Waals surface area contributed by atoms with E-state index in [0.717, 1.165) is 4.90 Å². The van der Waals surface area contributed by atoms with E-state index in [4.69, 9.17) is 10.5 Å². The molecule has 112 valence electrons. The van der Waals surface area contributed by atoms with Crippen LogP contribution in [0.2, 0.25) is 0 Å². The van der Waals surface area contributed by atoms with E-state index in [9.17, 15) is 14.0 Å². The molecule has 2 saturated heterocycles. The number of benzene rings is 1. The van der Waals surface area contributed by atoms with Gasteiger partial charge in [0.2, 0.25) is 0 Å². The molecule has 6 nitrogen and oxygen atoms in total. The lowest BCUT2D eigenvalue weighted by atomic mass is 9.90. The van der Waals surface area contributed by atoms with Crippen LogP contribution in [0.1, 0.15) is 18.4 Å². The second-order valence-electron chi connectivity index (χ2n) is 5.36. The van der Waals surface area contributed by atoms with E-state index < -0.39 is 17.4 Å². The fourth-order valence-corrected chi connectivity index (χ4v) is 2.76. The third-order valence-corrected chi connectivity index (χ3v) is 4.03. The Balaban J connectivity index is 1.82. The molecule has 0 aliphatic carbocycles. The number of anilines is 1. The van der Waals surface area contributed by atoms with E-state index in [2.05, 4.69) is 5.32 Å². The van der Waals surface area contributed by atoms with Crippen LogP contribution in [0.4, 0.5) is 14.9 Å². The maximum Gasteiger partial charge on any atom is 0.325 e. The van der Waals surface area contributed by atoms with Crippen LogP contribution < -0.4 is 11.1 Å². The molecule has 1 spiro atoms. The van der Waals surface area contributed by atoms with Crippen molar-refractivity contribution in [1.29, 1.82) is 0 Å². The largest absolute Gasteiger partial charge is 0.398 e. The van der Waals surface area contributed by atoms with Crippen molar-refractivity contribution >= 4 is 17.6 Å². The number of hydrogen-bond donors (Lipinski definition) is 2. The predicted molar refractivity (Wildman–Crippen MR) is 72.7 cm³/mol. The first-order valence-corrected chi connectivity index (χ1v) is 6.78. The number of nitrogens with two attached hydrogens (primary N) is 1. The van der Waals surface area contributed by atoms with Crippen molar-refractivity contribution in [3.8, 4) is 0 Å². The summed E-state index contributed by atoms with van der Waals surface area (Å²) < 4.78 is 18.3. The molecule has 3 rings (SSSR count). The second-order valence-corrected chi connectivity index (χ2v) is 5.36. The van der Waals surface area contributed by atoms with Gasteiger partial charge in [0.25, 0.3) is 5.91 Å². The second kappa shape index (κ2) is 5.00. The standard InChI is InChI=1S/C14H16FN3O3/c15-10-2-1-9(11(16)7-10)8-18-12(19)14(17-13(18)20)3-5-21-6-4-14/h1-2,7H,3-6,8,16H2,(H,17,20). The maximum absolute atomic E-state index is 13.0. The van der Waals surface area contributed by atoms with Crippen LogP contribution >= 0.6 is 0 Å². The number of nitrogens with zero attached hydrogens (tertiary/aromatic N) is 1. The summed E-state index contributed by atoms with van der Waals surface area (Å²) in [5.74, 6) is -0.714. The van der Waals surface area contributed by atoms with Gasteiger partial charge in [0.15, 0.2) is 0 Å². The molecule has 3 amide bonds. The van der Waals surface area contributed by atoms with Crippen LogP contribution in [0.15, 0.2) is 18.2 Å². The zero-order valence-electron chi connectivity index (χ0n) is 11.4. The molecule has 0 unspecified atom stereocenters. The van der Waals surface area contributed by atoms with Crippen LogP contribution in [-0.4, -0.2) is 35.6 Å². The summed E-state index contributed by atoms with van der Waals surface area (Å²) in [6, 6.07) is 3.48. The van der Waals surface area contributed by atoms with E-state index in [0.29, 0.717) is 31.6 Å². The normalized spacial score (nSPS) is 20.9. The molecule has 0 bridgehead atoms. The van der Waals surface area contributed by atoms with Crippen LogP contribution in [0, 0.1) is 5.82 Å². The van der Waals surface area contributed by atoms with Gasteiger partial charge in [0.05, 0.1) is 6.54 Å². The molecule has 2 aliphatic rings. The van der Waals surface area contributed by atoms with E-state index >= 15 is 0 Å². The highest BCUT2D eigenvalue weighted by molar-refractivity contribution is 6.07. The predicted octanol–water partition coefficient (Wildman–Crippen LogP) is 1.01. The number of ether oxygens (including phenoxy) is 1. The van der Waals surface area contributed by atoms with Crippen LogP contribution in [0.5, 0.6) is 0 Å². The zero-order valence-corrected chi connectivity index (χ0v) is 11.4. The molecule has 7 heteroatoms. The molecule has 2 heterocycles. The fraction of sp³-hybridized carbons (Fsp3) is 0.429. The molecule has 0 saturated carbocycles. The van der Waals surface area contributed by atoms with Crippen LogP contribution in [0.25, 0.3) is 0 Å². The molecular formula is C14H16FN3O3. The summed E-state index contributed by atoms with van der Waals surface area (Å²) in [4.78, 5) is 25.8. The van der Waals surface area contributed by atoms with Gasteiger partial charge in [0.1, 0.15) is 11.4 Å². The number of imide groups is 1. The van der Waals surface area contributed by atoms with Crippen molar-refractivity contribution in [2.45, 2.75) is 24.9 Å². The van der Waals surface area contributed by atoms with Gasteiger partial charge in [-0.2, -0.15) is 0 Å². The SMILES string of the molecule is Nc1cc(F)ccc1CN1C(=O)NC2(CCOCC2)C1=O. The Bertz CT molecular complexity index is 599. The number of nitrogen functional groups attached to an aromatic ring is 1. The van der Waals surface area contributed by atoms with Gasteiger partial charge >= 0.3 is 6.03 Å². The van der Waals surface area contributed by atoms with Gasteiger partial charge in [-0.1, -0.05) is 6.07 Å². The molecule has 1 aromatic carbocycles. The fourth-order valence-electron chi connectivity index (χ4n) is 2.76. The van der Waals surface area contributed by atoms with E-state index in [1.54, 1.807) is 0 Å². The summed E-state index contributed by atoms with van der Waals surface area (Å²) in [5.41, 5.74) is 5.64. The number of carbonyl (C=O) groups is 2. The monoisotopic (exact) mass is 293 g/mol. The maximum atomic E-state index is 13.0. The number of halogens is 1. The third-order valence-electron chi connectivity index (χ3n) is 4.03. The molecule has 2 fully saturated rings. The first kappa shape index (κ1) is 13.8. The number of nitrogens with one attached hydrogen (secondary N) is 1. The van der Waals surface area contributed by atoms with Gasteiger partial charge < -0.3 is 15.8 Å². The molecule has 0 aromatic heterocycles. The minimum atomic E-state index is -0.857. The first-order chi connectivity index (χ1) is 10.0. The molecule has 3 N–H and O–H groups in total.